The smallest absolute Gasteiger partial charge is 0.272 e. The topological polar surface area (TPSA) is 104 Å². The molecule has 2 aliphatic heterocycles. The van der Waals surface area contributed by atoms with Crippen LogP contribution < -0.4 is 16.0 Å². The van der Waals surface area contributed by atoms with Crippen molar-refractivity contribution in [3.05, 3.63) is 47.2 Å². The highest BCUT2D eigenvalue weighted by molar-refractivity contribution is 8.17. The number of nitrogens with one attached hydrogen (secondary N) is 1. The number of nitriles is 2. The summed E-state index contributed by atoms with van der Waals surface area (Å²) in [7, 11) is 0. The van der Waals surface area contributed by atoms with Crippen molar-refractivity contribution in [2.24, 2.45) is 16.6 Å². The predicted molar refractivity (Wildman–Crippen MR) is 117 cm³/mol. The summed E-state index contributed by atoms with van der Waals surface area (Å²) in [6, 6.07) is 15.2. The number of thioether (sulfide) groups is 2. The molecule has 29 heavy (non-hydrogen) atoms. The molecule has 0 fully saturated rings. The average molecular weight is 426 g/mol. The summed E-state index contributed by atoms with van der Waals surface area (Å²) in [5.74, 6) is 2.10. The van der Waals surface area contributed by atoms with Crippen molar-refractivity contribution in [1.29, 1.82) is 10.5 Å². The fraction of sp³-hybridized carbons (Fsp3) is 0.500. The number of allylic oxidation sites excluding steroid dienone is 1. The summed E-state index contributed by atoms with van der Waals surface area (Å²) in [6.45, 7) is 4.21. The normalized spacial score (nSPS) is 32.1. The van der Waals surface area contributed by atoms with Gasteiger partial charge < -0.3 is 5.32 Å². The van der Waals surface area contributed by atoms with Gasteiger partial charge in [-0.05, 0) is 24.3 Å². The van der Waals surface area contributed by atoms with Crippen LogP contribution in [-0.2, 0) is 0 Å². The first-order chi connectivity index (χ1) is 14.1. The van der Waals surface area contributed by atoms with Crippen molar-refractivity contribution in [2.45, 2.75) is 43.4 Å². The third kappa shape index (κ3) is 2.42. The molecule has 0 aromatic heterocycles. The minimum atomic E-state index is -1.14. The summed E-state index contributed by atoms with van der Waals surface area (Å²) >= 11 is 3.43. The summed E-state index contributed by atoms with van der Waals surface area (Å²) in [5, 5.41) is 23.8. The van der Waals surface area contributed by atoms with Crippen molar-refractivity contribution in [3.8, 4) is 12.1 Å². The largest absolute Gasteiger partial charge is 0.309 e. The molecule has 5 N–H and O–H groups in total. The Morgan fingerprint density at radius 1 is 1.14 bits per heavy atom. The first kappa shape index (κ1) is 20.3. The van der Waals surface area contributed by atoms with E-state index in [1.165, 1.54) is 5.70 Å². The standard InChI is InChI=1S/C22H25N5S2/c1-3-28-22(29-4-2)21(14-24)16-11-8-12-17(16)26-18(15-9-6-5-7-10-15)20(21,13-23)19(25)27-22/h5-7,9-10,18,26H,3-4,8,11-12H2,1-2H3,(H2,25,27)/p+2/t18-,20+,21+/m0/s1. The lowest BCUT2D eigenvalue weighted by atomic mass is 9.55. The Hall–Kier alpha value is -1.93. The first-order valence-electron chi connectivity index (χ1n) is 10.2. The van der Waals surface area contributed by atoms with E-state index in [2.05, 4.69) is 48.4 Å². The Morgan fingerprint density at radius 2 is 1.83 bits per heavy atom. The van der Waals surface area contributed by atoms with Crippen LogP contribution in [0.3, 0.4) is 0 Å². The molecule has 0 saturated heterocycles. The number of nitrogens with zero attached hydrogens (tertiary/aromatic N) is 2. The van der Waals surface area contributed by atoms with E-state index in [0.29, 0.717) is 5.84 Å². The predicted octanol–water partition coefficient (Wildman–Crippen LogP) is 1.37. The van der Waals surface area contributed by atoms with E-state index in [0.717, 1.165) is 41.9 Å². The van der Waals surface area contributed by atoms with Crippen LogP contribution >= 0.6 is 23.5 Å². The maximum Gasteiger partial charge on any atom is 0.272 e. The first-order valence-corrected chi connectivity index (χ1v) is 12.2. The zero-order valence-corrected chi connectivity index (χ0v) is 18.5. The van der Waals surface area contributed by atoms with Crippen LogP contribution in [0.25, 0.3) is 0 Å². The van der Waals surface area contributed by atoms with Gasteiger partial charge in [-0.3, -0.25) is 10.7 Å². The molecule has 0 radical (unpaired) electrons. The number of hydrogen-bond donors (Lipinski definition) is 3. The van der Waals surface area contributed by atoms with Gasteiger partial charge in [0.25, 0.3) is 5.84 Å². The highest BCUT2D eigenvalue weighted by Crippen LogP contribution is 2.66. The minimum absolute atomic E-state index is 0.255. The lowest BCUT2D eigenvalue weighted by Gasteiger charge is -2.47. The Bertz CT molecular complexity index is 952. The second-order valence-electron chi connectivity index (χ2n) is 7.72. The van der Waals surface area contributed by atoms with Crippen molar-refractivity contribution < 1.29 is 10.3 Å². The van der Waals surface area contributed by atoms with Gasteiger partial charge in [0.15, 0.2) is 5.41 Å². The van der Waals surface area contributed by atoms with Crippen LogP contribution in [0.4, 0.5) is 0 Å². The molecule has 1 aromatic carbocycles. The SMILES string of the molecule is CCSC1(SCC)[NH+]=C(N)[C@@]2(C#N)[C@H](c3ccccc3)[NH2+]C3=C(CCC3)[C@@]12C#N. The molecule has 0 bridgehead atoms. The van der Waals surface area contributed by atoms with Gasteiger partial charge in [0.1, 0.15) is 11.7 Å². The fourth-order valence-corrected chi connectivity index (χ4v) is 8.87. The Balaban J connectivity index is 2.08. The number of rotatable bonds is 5. The number of quaternary nitrogens is 1. The van der Waals surface area contributed by atoms with E-state index in [1.54, 1.807) is 23.5 Å². The molecule has 4 rings (SSSR count). The molecule has 5 nitrogen and oxygen atoms in total. The highest BCUT2D eigenvalue weighted by atomic mass is 32.2. The minimum Gasteiger partial charge on any atom is -0.309 e. The molecule has 7 heteroatoms. The van der Waals surface area contributed by atoms with Gasteiger partial charge in [-0.25, -0.2) is 0 Å². The highest BCUT2D eigenvalue weighted by Gasteiger charge is 2.82. The molecule has 0 spiro atoms. The third-order valence-corrected chi connectivity index (χ3v) is 9.47. The van der Waals surface area contributed by atoms with E-state index in [9.17, 15) is 10.5 Å². The van der Waals surface area contributed by atoms with Crippen molar-refractivity contribution in [1.82, 2.24) is 0 Å². The van der Waals surface area contributed by atoms with Crippen LogP contribution in [0.5, 0.6) is 0 Å². The number of hydrogen-bond acceptors (Lipinski definition) is 5. The Kier molecular flexibility index (Phi) is 5.19. The van der Waals surface area contributed by atoms with E-state index < -0.39 is 15.0 Å². The van der Waals surface area contributed by atoms with Gasteiger partial charge in [0, 0.05) is 17.6 Å². The Morgan fingerprint density at radius 3 is 2.41 bits per heavy atom. The zero-order valence-electron chi connectivity index (χ0n) is 16.9. The summed E-state index contributed by atoms with van der Waals surface area (Å²) in [6.07, 6.45) is 2.85. The summed E-state index contributed by atoms with van der Waals surface area (Å²) < 4.78 is -0.669. The number of amidine groups is 1. The van der Waals surface area contributed by atoms with Crippen LogP contribution in [0.1, 0.15) is 44.7 Å². The molecule has 0 saturated carbocycles. The fourth-order valence-electron chi connectivity index (χ4n) is 5.56. The molecule has 0 amide bonds. The van der Waals surface area contributed by atoms with Crippen LogP contribution in [0.15, 0.2) is 41.6 Å². The quantitative estimate of drug-likeness (QED) is 0.618. The third-order valence-electron chi connectivity index (χ3n) is 6.55. The monoisotopic (exact) mass is 425 g/mol. The molecule has 3 atom stereocenters. The van der Waals surface area contributed by atoms with Crippen molar-refractivity contribution >= 4 is 29.4 Å². The van der Waals surface area contributed by atoms with Gasteiger partial charge in [-0.2, -0.15) is 10.5 Å². The second-order valence-corrected chi connectivity index (χ2v) is 10.9. The molecular formula is C22H27N5S2+2. The molecule has 3 aliphatic rings. The van der Waals surface area contributed by atoms with E-state index in [-0.39, 0.29) is 6.04 Å². The van der Waals surface area contributed by atoms with Gasteiger partial charge >= 0.3 is 0 Å². The van der Waals surface area contributed by atoms with E-state index in [4.69, 9.17) is 5.73 Å². The number of nitrogens with two attached hydrogens (primary N) is 2. The number of fused-ring (bicyclic) bond motifs is 2. The molecule has 1 aromatic rings. The molecular weight excluding hydrogens is 398 g/mol. The number of benzene rings is 1. The van der Waals surface area contributed by atoms with Gasteiger partial charge in [-0.15, -0.1) is 0 Å². The van der Waals surface area contributed by atoms with E-state index in [1.807, 2.05) is 18.2 Å². The molecule has 2 heterocycles. The molecule has 0 unspecified atom stereocenters. The lowest BCUT2D eigenvalue weighted by molar-refractivity contribution is -0.670. The maximum absolute atomic E-state index is 10.9. The average Bonchev–Trinajstić information content (AvgIpc) is 3.28. The lowest BCUT2D eigenvalue weighted by Crippen LogP contribution is -2.91. The van der Waals surface area contributed by atoms with Gasteiger partial charge in [0.2, 0.25) is 9.62 Å². The molecule has 1 aliphatic carbocycles. The van der Waals surface area contributed by atoms with Gasteiger partial charge in [-0.1, -0.05) is 67.7 Å². The summed E-state index contributed by atoms with van der Waals surface area (Å²) in [5.41, 5.74) is 7.97. The van der Waals surface area contributed by atoms with Crippen LogP contribution in [0.2, 0.25) is 0 Å². The maximum atomic E-state index is 10.9. The van der Waals surface area contributed by atoms with Crippen molar-refractivity contribution in [2.75, 3.05) is 11.5 Å². The second kappa shape index (κ2) is 7.40. The van der Waals surface area contributed by atoms with E-state index >= 15 is 0 Å². The molecule has 150 valence electrons. The summed E-state index contributed by atoms with van der Waals surface area (Å²) in [4.78, 5) is 3.53. The van der Waals surface area contributed by atoms with Crippen LogP contribution in [-0.4, -0.2) is 21.5 Å². The van der Waals surface area contributed by atoms with Crippen LogP contribution in [0, 0.1) is 33.5 Å². The van der Waals surface area contributed by atoms with Crippen molar-refractivity contribution in [3.63, 3.8) is 0 Å². The zero-order chi connectivity index (χ0) is 20.7. The Labute approximate surface area is 180 Å². The van der Waals surface area contributed by atoms with Gasteiger partial charge in [0.05, 0.1) is 12.1 Å².